The van der Waals surface area contributed by atoms with Gasteiger partial charge in [0.15, 0.2) is 0 Å². The van der Waals surface area contributed by atoms with Gasteiger partial charge in [-0.15, -0.1) is 0 Å². The van der Waals surface area contributed by atoms with Crippen LogP contribution in [0.15, 0.2) is 0 Å². The lowest BCUT2D eigenvalue weighted by molar-refractivity contribution is -0.144. The number of nitrogens with two attached hydrogens (primary N) is 1. The van der Waals surface area contributed by atoms with Crippen molar-refractivity contribution in [3.63, 3.8) is 0 Å². The Balaban J connectivity index is 1.86. The molecule has 1 saturated heterocycles. The van der Waals surface area contributed by atoms with Crippen LogP contribution in [0.5, 0.6) is 0 Å². The van der Waals surface area contributed by atoms with Gasteiger partial charge in [0.1, 0.15) is 0 Å². The lowest BCUT2D eigenvalue weighted by Crippen LogP contribution is -2.48. The highest BCUT2D eigenvalue weighted by molar-refractivity contribution is 5.79. The molecule has 0 aromatic carbocycles. The normalized spacial score (nSPS) is 34.7. The molecule has 1 unspecified atom stereocenters. The van der Waals surface area contributed by atoms with Crippen LogP contribution in [-0.4, -0.2) is 42.6 Å². The van der Waals surface area contributed by atoms with Crippen molar-refractivity contribution in [2.45, 2.75) is 51.2 Å². The molecule has 0 spiro atoms. The summed E-state index contributed by atoms with van der Waals surface area (Å²) in [4.78, 5) is 14.4. The van der Waals surface area contributed by atoms with E-state index in [-0.39, 0.29) is 12.0 Å². The third-order valence-electron chi connectivity index (χ3n) is 4.03. The highest BCUT2D eigenvalue weighted by Crippen LogP contribution is 2.25. The van der Waals surface area contributed by atoms with Crippen LogP contribution < -0.4 is 5.73 Å². The van der Waals surface area contributed by atoms with E-state index in [2.05, 4.69) is 6.92 Å². The largest absolute Gasteiger partial charge is 0.375 e. The van der Waals surface area contributed by atoms with Gasteiger partial charge < -0.3 is 15.4 Å². The smallest absolute Gasteiger partial charge is 0.225 e. The molecule has 2 fully saturated rings. The van der Waals surface area contributed by atoms with Crippen molar-refractivity contribution < 1.29 is 9.53 Å². The summed E-state index contributed by atoms with van der Waals surface area (Å²) in [5.41, 5.74) is 5.87. The quantitative estimate of drug-likeness (QED) is 0.787. The molecule has 98 valence electrons. The number of rotatable bonds is 2. The average Bonchev–Trinajstić information content (AvgIpc) is 2.39. The molecule has 2 aliphatic rings. The van der Waals surface area contributed by atoms with Crippen molar-refractivity contribution in [1.29, 1.82) is 0 Å². The lowest BCUT2D eigenvalue weighted by Gasteiger charge is -2.36. The molecular formula is C13H24N2O2. The Hall–Kier alpha value is -0.610. The first-order chi connectivity index (χ1) is 8.20. The first kappa shape index (κ1) is 12.8. The van der Waals surface area contributed by atoms with Crippen LogP contribution in [0, 0.1) is 5.92 Å². The summed E-state index contributed by atoms with van der Waals surface area (Å²) in [6, 6.07) is 0.312. The number of hydrogen-bond donors (Lipinski definition) is 1. The summed E-state index contributed by atoms with van der Waals surface area (Å²) < 4.78 is 5.60. The number of carbonyl (C=O) groups excluding carboxylic acids is 1. The molecule has 0 radical (unpaired) electrons. The molecule has 1 atom stereocenters. The summed E-state index contributed by atoms with van der Waals surface area (Å²) in [6.45, 7) is 4.34. The highest BCUT2D eigenvalue weighted by atomic mass is 16.5. The molecular weight excluding hydrogens is 216 g/mol. The van der Waals surface area contributed by atoms with Crippen LogP contribution in [0.4, 0.5) is 0 Å². The second kappa shape index (κ2) is 5.83. The molecule has 1 saturated carbocycles. The Bertz CT molecular complexity index is 262. The van der Waals surface area contributed by atoms with Gasteiger partial charge in [0, 0.05) is 25.0 Å². The summed E-state index contributed by atoms with van der Waals surface area (Å²) >= 11 is 0. The van der Waals surface area contributed by atoms with E-state index in [4.69, 9.17) is 10.5 Å². The monoisotopic (exact) mass is 240 g/mol. The van der Waals surface area contributed by atoms with Crippen molar-refractivity contribution in [3.05, 3.63) is 0 Å². The van der Waals surface area contributed by atoms with E-state index in [1.807, 2.05) is 4.90 Å². The minimum absolute atomic E-state index is 0.213. The lowest BCUT2D eigenvalue weighted by atomic mass is 9.85. The molecule has 0 bridgehead atoms. The van der Waals surface area contributed by atoms with E-state index in [0.717, 1.165) is 45.2 Å². The maximum absolute atomic E-state index is 12.4. The van der Waals surface area contributed by atoms with Crippen molar-refractivity contribution in [3.8, 4) is 0 Å². The van der Waals surface area contributed by atoms with Gasteiger partial charge in [0.25, 0.3) is 0 Å². The van der Waals surface area contributed by atoms with Crippen molar-refractivity contribution >= 4 is 5.91 Å². The van der Waals surface area contributed by atoms with E-state index in [0.29, 0.717) is 18.6 Å². The summed E-state index contributed by atoms with van der Waals surface area (Å²) in [7, 11) is 0. The van der Waals surface area contributed by atoms with Crippen LogP contribution in [0.25, 0.3) is 0 Å². The van der Waals surface area contributed by atoms with Gasteiger partial charge in [-0.1, -0.05) is 6.92 Å². The zero-order chi connectivity index (χ0) is 12.3. The molecule has 2 N–H and O–H groups in total. The third kappa shape index (κ3) is 3.19. The van der Waals surface area contributed by atoms with Crippen LogP contribution in [0.1, 0.15) is 39.0 Å². The standard InChI is InChI=1S/C13H24N2O2/c1-2-12-9-15(7-8-17-12)13(16)10-3-5-11(14)6-4-10/h10-12H,2-9,14H2,1H3. The van der Waals surface area contributed by atoms with Crippen LogP contribution >= 0.6 is 0 Å². The third-order valence-corrected chi connectivity index (χ3v) is 4.03. The number of hydrogen-bond acceptors (Lipinski definition) is 3. The SMILES string of the molecule is CCC1CN(C(=O)C2CCC(N)CC2)CCO1. The Morgan fingerprint density at radius 1 is 1.35 bits per heavy atom. The van der Waals surface area contributed by atoms with Crippen LogP contribution in [-0.2, 0) is 9.53 Å². The van der Waals surface area contributed by atoms with E-state index in [1.165, 1.54) is 0 Å². The number of amides is 1. The maximum atomic E-state index is 12.4. The van der Waals surface area contributed by atoms with Gasteiger partial charge in [0.2, 0.25) is 5.91 Å². The predicted octanol–water partition coefficient (Wildman–Crippen LogP) is 1.14. The highest BCUT2D eigenvalue weighted by Gasteiger charge is 2.30. The number of carbonyl (C=O) groups is 1. The second-order valence-corrected chi connectivity index (χ2v) is 5.30. The van der Waals surface area contributed by atoms with Gasteiger partial charge in [-0.05, 0) is 32.1 Å². The Morgan fingerprint density at radius 2 is 2.06 bits per heavy atom. The van der Waals surface area contributed by atoms with Crippen LogP contribution in [0.2, 0.25) is 0 Å². The molecule has 1 heterocycles. The van der Waals surface area contributed by atoms with E-state index >= 15 is 0 Å². The van der Waals surface area contributed by atoms with Gasteiger partial charge >= 0.3 is 0 Å². The van der Waals surface area contributed by atoms with Crippen molar-refractivity contribution in [2.24, 2.45) is 11.7 Å². The summed E-state index contributed by atoms with van der Waals surface area (Å²) in [6.07, 6.45) is 5.15. The molecule has 4 nitrogen and oxygen atoms in total. The van der Waals surface area contributed by atoms with Crippen LogP contribution in [0.3, 0.4) is 0 Å². The fourth-order valence-electron chi connectivity index (χ4n) is 2.79. The van der Waals surface area contributed by atoms with E-state index < -0.39 is 0 Å². The Labute approximate surface area is 103 Å². The molecule has 4 heteroatoms. The first-order valence-electron chi connectivity index (χ1n) is 6.86. The summed E-state index contributed by atoms with van der Waals surface area (Å²) in [5.74, 6) is 0.545. The molecule has 1 aliphatic carbocycles. The topological polar surface area (TPSA) is 55.6 Å². The molecule has 17 heavy (non-hydrogen) atoms. The number of ether oxygens (including phenoxy) is 1. The minimum Gasteiger partial charge on any atom is -0.375 e. The number of morpholine rings is 1. The van der Waals surface area contributed by atoms with Crippen molar-refractivity contribution in [2.75, 3.05) is 19.7 Å². The second-order valence-electron chi connectivity index (χ2n) is 5.30. The fourth-order valence-corrected chi connectivity index (χ4v) is 2.79. The van der Waals surface area contributed by atoms with E-state index in [9.17, 15) is 4.79 Å². The first-order valence-corrected chi connectivity index (χ1v) is 6.86. The van der Waals surface area contributed by atoms with Gasteiger partial charge in [-0.2, -0.15) is 0 Å². The van der Waals surface area contributed by atoms with E-state index in [1.54, 1.807) is 0 Å². The molecule has 1 aliphatic heterocycles. The molecule has 0 aromatic heterocycles. The summed E-state index contributed by atoms with van der Waals surface area (Å²) in [5, 5.41) is 0. The zero-order valence-corrected chi connectivity index (χ0v) is 10.7. The number of nitrogens with zero attached hydrogens (tertiary/aromatic N) is 1. The average molecular weight is 240 g/mol. The Morgan fingerprint density at radius 3 is 2.71 bits per heavy atom. The molecule has 1 amide bonds. The van der Waals surface area contributed by atoms with Gasteiger partial charge in [-0.25, -0.2) is 0 Å². The zero-order valence-electron chi connectivity index (χ0n) is 10.7. The van der Waals surface area contributed by atoms with Crippen molar-refractivity contribution in [1.82, 2.24) is 4.90 Å². The Kier molecular flexibility index (Phi) is 4.40. The predicted molar refractivity (Wildman–Crippen MR) is 66.5 cm³/mol. The minimum atomic E-state index is 0.213. The maximum Gasteiger partial charge on any atom is 0.225 e. The molecule has 0 aromatic rings. The fraction of sp³-hybridized carbons (Fsp3) is 0.923. The van der Waals surface area contributed by atoms with Gasteiger partial charge in [0.05, 0.1) is 12.7 Å². The molecule has 2 rings (SSSR count). The van der Waals surface area contributed by atoms with Gasteiger partial charge in [-0.3, -0.25) is 4.79 Å².